The largest absolute Gasteiger partial charge is 0.399 e. The van der Waals surface area contributed by atoms with E-state index in [2.05, 4.69) is 11.0 Å². The van der Waals surface area contributed by atoms with Gasteiger partial charge >= 0.3 is 0 Å². The third kappa shape index (κ3) is 2.27. The number of hydrogen-bond donors (Lipinski definition) is 1. The number of benzene rings is 3. The first-order valence-corrected chi connectivity index (χ1v) is 7.60. The van der Waals surface area contributed by atoms with Crippen LogP contribution in [0, 0.1) is 0 Å². The number of carbonyl (C=O) groups is 1. The standard InChI is InChI=1S/C20H16N2O/c21-15-9-11-16(12-10-15)22-18-7-3-1-5-14(18)13-20(23)17-6-2-4-8-19(17)22/h1-12H,13,21H2. The van der Waals surface area contributed by atoms with Crippen molar-refractivity contribution in [3.05, 3.63) is 83.9 Å². The van der Waals surface area contributed by atoms with Crippen molar-refractivity contribution >= 4 is 28.5 Å². The van der Waals surface area contributed by atoms with Gasteiger partial charge in [-0.05, 0) is 48.0 Å². The molecule has 3 aromatic rings. The van der Waals surface area contributed by atoms with Crippen molar-refractivity contribution in [1.82, 2.24) is 0 Å². The minimum absolute atomic E-state index is 0.144. The van der Waals surface area contributed by atoms with Gasteiger partial charge in [0.15, 0.2) is 5.78 Å². The van der Waals surface area contributed by atoms with Crippen LogP contribution in [0.2, 0.25) is 0 Å². The first-order valence-electron chi connectivity index (χ1n) is 7.60. The number of rotatable bonds is 1. The molecule has 112 valence electrons. The van der Waals surface area contributed by atoms with Gasteiger partial charge in [-0.2, -0.15) is 0 Å². The molecule has 3 aromatic carbocycles. The topological polar surface area (TPSA) is 46.3 Å². The molecule has 0 amide bonds. The van der Waals surface area contributed by atoms with Crippen LogP contribution in [-0.2, 0) is 6.42 Å². The van der Waals surface area contributed by atoms with Gasteiger partial charge in [0.1, 0.15) is 0 Å². The Balaban J connectivity index is 2.01. The van der Waals surface area contributed by atoms with Crippen LogP contribution in [0.25, 0.3) is 0 Å². The minimum atomic E-state index is 0.144. The van der Waals surface area contributed by atoms with Gasteiger partial charge in [-0.1, -0.05) is 30.3 Å². The number of nitrogens with zero attached hydrogens (tertiary/aromatic N) is 1. The molecule has 0 saturated heterocycles. The van der Waals surface area contributed by atoms with E-state index in [-0.39, 0.29) is 5.78 Å². The molecular weight excluding hydrogens is 284 g/mol. The summed E-state index contributed by atoms with van der Waals surface area (Å²) in [5, 5.41) is 0. The molecule has 1 aliphatic heterocycles. The van der Waals surface area contributed by atoms with E-state index in [0.29, 0.717) is 6.42 Å². The lowest BCUT2D eigenvalue weighted by atomic mass is 10.0. The molecule has 0 aromatic heterocycles. The number of nitrogens with two attached hydrogens (primary N) is 1. The second kappa shape index (κ2) is 5.29. The van der Waals surface area contributed by atoms with Gasteiger partial charge in [-0.3, -0.25) is 4.79 Å². The van der Waals surface area contributed by atoms with Crippen LogP contribution in [0.3, 0.4) is 0 Å². The van der Waals surface area contributed by atoms with Crippen LogP contribution in [0.15, 0.2) is 72.8 Å². The fraction of sp³-hybridized carbons (Fsp3) is 0.0500. The summed E-state index contributed by atoms with van der Waals surface area (Å²) in [6.45, 7) is 0. The predicted octanol–water partition coefficient (Wildman–Crippen LogP) is 4.48. The number of para-hydroxylation sites is 2. The second-order valence-electron chi connectivity index (χ2n) is 5.67. The maximum absolute atomic E-state index is 12.7. The van der Waals surface area contributed by atoms with E-state index in [9.17, 15) is 4.79 Å². The number of nitrogen functional groups attached to an aromatic ring is 1. The van der Waals surface area contributed by atoms with Crippen molar-refractivity contribution < 1.29 is 4.79 Å². The molecule has 3 heteroatoms. The van der Waals surface area contributed by atoms with Crippen molar-refractivity contribution in [2.24, 2.45) is 0 Å². The third-order valence-electron chi connectivity index (χ3n) is 4.18. The highest BCUT2D eigenvalue weighted by molar-refractivity contribution is 6.07. The summed E-state index contributed by atoms with van der Waals surface area (Å²) in [6.07, 6.45) is 0.415. The summed E-state index contributed by atoms with van der Waals surface area (Å²) in [4.78, 5) is 14.8. The van der Waals surface area contributed by atoms with E-state index < -0.39 is 0 Å². The van der Waals surface area contributed by atoms with Gasteiger partial charge in [-0.25, -0.2) is 0 Å². The molecule has 0 spiro atoms. The van der Waals surface area contributed by atoms with Crippen LogP contribution in [0.5, 0.6) is 0 Å². The molecule has 0 saturated carbocycles. The highest BCUT2D eigenvalue weighted by Gasteiger charge is 2.25. The maximum Gasteiger partial charge on any atom is 0.169 e. The molecule has 0 bridgehead atoms. The Morgan fingerprint density at radius 2 is 1.43 bits per heavy atom. The number of Topliss-reactive ketones (excluding diaryl/α,β-unsaturated/α-hetero) is 1. The lowest BCUT2D eigenvalue weighted by Crippen LogP contribution is -2.12. The normalized spacial score (nSPS) is 13.2. The first kappa shape index (κ1) is 13.6. The molecule has 1 aliphatic rings. The number of ketones is 1. The van der Waals surface area contributed by atoms with Gasteiger partial charge in [0.05, 0.1) is 5.69 Å². The summed E-state index contributed by atoms with van der Waals surface area (Å²) in [5.41, 5.74) is 11.3. The van der Waals surface area contributed by atoms with Crippen molar-refractivity contribution in [2.75, 3.05) is 10.6 Å². The van der Waals surface area contributed by atoms with E-state index in [1.165, 1.54) is 0 Å². The van der Waals surface area contributed by atoms with Gasteiger partial charge < -0.3 is 10.6 Å². The lowest BCUT2D eigenvalue weighted by molar-refractivity contribution is 0.0994. The van der Waals surface area contributed by atoms with Gasteiger partial charge in [0.25, 0.3) is 0 Å². The van der Waals surface area contributed by atoms with Gasteiger partial charge in [0, 0.05) is 29.0 Å². The Bertz CT molecular complexity index is 884. The Hall–Kier alpha value is -3.07. The molecule has 4 rings (SSSR count). The van der Waals surface area contributed by atoms with Crippen LogP contribution >= 0.6 is 0 Å². The molecule has 0 unspecified atom stereocenters. The number of carbonyl (C=O) groups excluding carboxylic acids is 1. The number of hydrogen-bond acceptors (Lipinski definition) is 3. The monoisotopic (exact) mass is 300 g/mol. The van der Waals surface area contributed by atoms with E-state index in [1.807, 2.05) is 66.7 Å². The Labute approximate surface area is 135 Å². The summed E-state index contributed by atoms with van der Waals surface area (Å²) in [7, 11) is 0. The van der Waals surface area contributed by atoms with E-state index in [0.717, 1.165) is 33.9 Å². The van der Waals surface area contributed by atoms with Crippen LogP contribution < -0.4 is 10.6 Å². The van der Waals surface area contributed by atoms with Crippen molar-refractivity contribution in [3.63, 3.8) is 0 Å². The van der Waals surface area contributed by atoms with E-state index in [1.54, 1.807) is 0 Å². The van der Waals surface area contributed by atoms with E-state index in [4.69, 9.17) is 5.73 Å². The third-order valence-corrected chi connectivity index (χ3v) is 4.18. The molecule has 0 aliphatic carbocycles. The van der Waals surface area contributed by atoms with Gasteiger partial charge in [-0.15, -0.1) is 0 Å². The van der Waals surface area contributed by atoms with Gasteiger partial charge in [0.2, 0.25) is 0 Å². The Morgan fingerprint density at radius 1 is 0.783 bits per heavy atom. The van der Waals surface area contributed by atoms with Crippen molar-refractivity contribution in [2.45, 2.75) is 6.42 Å². The SMILES string of the molecule is Nc1ccc(N2c3ccccc3CC(=O)c3ccccc32)cc1. The quantitative estimate of drug-likeness (QED) is 0.674. The average molecular weight is 300 g/mol. The average Bonchev–Trinajstić information content (AvgIpc) is 2.70. The summed E-state index contributed by atoms with van der Waals surface area (Å²) < 4.78 is 0. The zero-order valence-electron chi connectivity index (χ0n) is 12.6. The molecule has 0 radical (unpaired) electrons. The van der Waals surface area contributed by atoms with Crippen LogP contribution in [0.1, 0.15) is 15.9 Å². The summed E-state index contributed by atoms with van der Waals surface area (Å²) >= 11 is 0. The fourth-order valence-electron chi connectivity index (χ4n) is 3.08. The maximum atomic E-state index is 12.7. The molecule has 3 nitrogen and oxygen atoms in total. The molecule has 1 heterocycles. The Morgan fingerprint density at radius 3 is 2.22 bits per heavy atom. The number of anilines is 4. The predicted molar refractivity (Wildman–Crippen MR) is 93.6 cm³/mol. The minimum Gasteiger partial charge on any atom is -0.399 e. The molecule has 0 atom stereocenters. The summed E-state index contributed by atoms with van der Waals surface area (Å²) in [5.74, 6) is 0.144. The molecule has 2 N–H and O–H groups in total. The number of fused-ring (bicyclic) bond motifs is 2. The van der Waals surface area contributed by atoms with Crippen LogP contribution in [-0.4, -0.2) is 5.78 Å². The van der Waals surface area contributed by atoms with Crippen LogP contribution in [0.4, 0.5) is 22.7 Å². The zero-order valence-corrected chi connectivity index (χ0v) is 12.6. The lowest BCUT2D eigenvalue weighted by Gasteiger charge is -2.26. The highest BCUT2D eigenvalue weighted by Crippen LogP contribution is 2.41. The highest BCUT2D eigenvalue weighted by atomic mass is 16.1. The fourth-order valence-corrected chi connectivity index (χ4v) is 3.08. The van der Waals surface area contributed by atoms with Crippen molar-refractivity contribution in [1.29, 1.82) is 0 Å². The summed E-state index contributed by atoms with van der Waals surface area (Å²) in [6, 6.07) is 23.5. The molecular formula is C20H16N2O. The molecule has 0 fully saturated rings. The van der Waals surface area contributed by atoms with E-state index >= 15 is 0 Å². The zero-order chi connectivity index (χ0) is 15.8. The second-order valence-corrected chi connectivity index (χ2v) is 5.67. The Kier molecular flexibility index (Phi) is 3.12. The smallest absolute Gasteiger partial charge is 0.169 e. The molecule has 23 heavy (non-hydrogen) atoms. The first-order chi connectivity index (χ1) is 11.2. The van der Waals surface area contributed by atoms with Crippen molar-refractivity contribution in [3.8, 4) is 0 Å².